The number of fused-ring (bicyclic) bond motifs is 1. The van der Waals surface area contributed by atoms with Gasteiger partial charge >= 0.3 is 0 Å². The average molecular weight is 282 g/mol. The molecule has 2 aromatic carbocycles. The zero-order valence-electron chi connectivity index (χ0n) is 12.5. The van der Waals surface area contributed by atoms with Crippen LogP contribution in [0.3, 0.4) is 0 Å². The van der Waals surface area contributed by atoms with Crippen LogP contribution in [-0.4, -0.2) is 19.7 Å². The summed E-state index contributed by atoms with van der Waals surface area (Å²) in [4.78, 5) is 2.35. The van der Waals surface area contributed by atoms with E-state index in [9.17, 15) is 0 Å². The number of ether oxygens (including phenoxy) is 1. The zero-order valence-corrected chi connectivity index (χ0v) is 12.5. The first-order valence-electron chi connectivity index (χ1n) is 7.67. The number of nitrogens with zero attached hydrogens (tertiary/aromatic N) is 1. The minimum atomic E-state index is 0.784. The van der Waals surface area contributed by atoms with Gasteiger partial charge < -0.3 is 15.0 Å². The Morgan fingerprint density at radius 3 is 2.71 bits per heavy atom. The van der Waals surface area contributed by atoms with E-state index in [1.807, 2.05) is 12.1 Å². The van der Waals surface area contributed by atoms with Crippen LogP contribution in [0.15, 0.2) is 48.5 Å². The molecule has 0 amide bonds. The van der Waals surface area contributed by atoms with Gasteiger partial charge in [-0.15, -0.1) is 0 Å². The van der Waals surface area contributed by atoms with Crippen molar-refractivity contribution in [1.82, 2.24) is 5.32 Å². The summed E-state index contributed by atoms with van der Waals surface area (Å²) in [5.41, 5.74) is 3.71. The lowest BCUT2D eigenvalue weighted by Crippen LogP contribution is -2.17. The highest BCUT2D eigenvalue weighted by molar-refractivity contribution is 5.69. The van der Waals surface area contributed by atoms with E-state index in [-0.39, 0.29) is 0 Å². The van der Waals surface area contributed by atoms with Crippen molar-refractivity contribution >= 4 is 11.4 Å². The lowest BCUT2D eigenvalue weighted by Gasteiger charge is -2.24. The van der Waals surface area contributed by atoms with E-state index in [4.69, 9.17) is 4.74 Å². The van der Waals surface area contributed by atoms with Crippen LogP contribution in [0.4, 0.5) is 11.4 Å². The molecule has 0 saturated carbocycles. The molecule has 2 aromatic rings. The largest absolute Gasteiger partial charge is 0.491 e. The summed E-state index contributed by atoms with van der Waals surface area (Å²) in [6.45, 7) is 5.83. The molecule has 3 nitrogen and oxygen atoms in total. The van der Waals surface area contributed by atoms with Crippen molar-refractivity contribution < 1.29 is 4.74 Å². The van der Waals surface area contributed by atoms with E-state index < -0.39 is 0 Å². The van der Waals surface area contributed by atoms with Gasteiger partial charge in [-0.2, -0.15) is 0 Å². The van der Waals surface area contributed by atoms with Gasteiger partial charge in [0.15, 0.2) is 0 Å². The molecule has 0 unspecified atom stereocenters. The van der Waals surface area contributed by atoms with Crippen molar-refractivity contribution in [2.75, 3.05) is 24.6 Å². The van der Waals surface area contributed by atoms with Crippen molar-refractivity contribution in [2.24, 2.45) is 0 Å². The summed E-state index contributed by atoms with van der Waals surface area (Å²) in [6.07, 6.45) is 1.04. The van der Waals surface area contributed by atoms with E-state index in [0.717, 1.165) is 44.1 Å². The van der Waals surface area contributed by atoms with Gasteiger partial charge in [0.25, 0.3) is 0 Å². The normalized spacial score (nSPS) is 14.2. The molecule has 0 spiro atoms. The molecule has 3 rings (SSSR count). The molecule has 21 heavy (non-hydrogen) atoms. The van der Waals surface area contributed by atoms with E-state index >= 15 is 0 Å². The number of anilines is 2. The molecule has 3 heteroatoms. The highest BCUT2D eigenvalue weighted by Gasteiger charge is 2.17. The number of nitrogens with one attached hydrogen (secondary N) is 1. The highest BCUT2D eigenvalue weighted by Crippen LogP contribution is 2.35. The molecular formula is C18H22N2O. The average Bonchev–Trinajstić information content (AvgIpc) is 2.76. The molecule has 0 bridgehead atoms. The molecule has 1 aliphatic heterocycles. The number of rotatable bonds is 4. The van der Waals surface area contributed by atoms with Crippen LogP contribution in [0.1, 0.15) is 18.9 Å². The second-order valence-electron chi connectivity index (χ2n) is 5.27. The Balaban J connectivity index is 1.86. The van der Waals surface area contributed by atoms with Gasteiger partial charge in [-0.05, 0) is 42.8 Å². The molecule has 0 fully saturated rings. The van der Waals surface area contributed by atoms with Crippen molar-refractivity contribution in [2.45, 2.75) is 19.9 Å². The Labute approximate surface area is 126 Å². The number of hydrogen-bond acceptors (Lipinski definition) is 3. The Morgan fingerprint density at radius 2 is 1.90 bits per heavy atom. The minimum Gasteiger partial charge on any atom is -0.491 e. The Hall–Kier alpha value is -2.00. The van der Waals surface area contributed by atoms with Gasteiger partial charge in [0, 0.05) is 18.8 Å². The predicted molar refractivity (Wildman–Crippen MR) is 87.4 cm³/mol. The molecular weight excluding hydrogens is 260 g/mol. The molecule has 0 atom stereocenters. The summed E-state index contributed by atoms with van der Waals surface area (Å²) in [5.74, 6) is 0.978. The fourth-order valence-electron chi connectivity index (χ4n) is 2.66. The Morgan fingerprint density at radius 1 is 1.10 bits per heavy atom. The van der Waals surface area contributed by atoms with Crippen LogP contribution in [0.25, 0.3) is 0 Å². The summed E-state index contributed by atoms with van der Waals surface area (Å²) < 4.78 is 5.83. The fourth-order valence-corrected chi connectivity index (χ4v) is 2.66. The van der Waals surface area contributed by atoms with E-state index in [1.54, 1.807) is 0 Å². The van der Waals surface area contributed by atoms with Gasteiger partial charge in [0.2, 0.25) is 0 Å². The number of benzene rings is 2. The predicted octanol–water partition coefficient (Wildman–Crippen LogP) is 3.72. The zero-order chi connectivity index (χ0) is 14.5. The SMILES string of the molecule is CCNCc1ccc(N2CCCOc3ccccc32)cc1. The first kappa shape index (κ1) is 14.0. The molecule has 110 valence electrons. The topological polar surface area (TPSA) is 24.5 Å². The van der Waals surface area contributed by atoms with Crippen molar-refractivity contribution in [1.29, 1.82) is 0 Å². The van der Waals surface area contributed by atoms with E-state index in [1.165, 1.54) is 11.3 Å². The van der Waals surface area contributed by atoms with Crippen LogP contribution in [0.5, 0.6) is 5.75 Å². The first-order chi connectivity index (χ1) is 10.4. The Kier molecular flexibility index (Phi) is 4.41. The summed E-state index contributed by atoms with van der Waals surface area (Å²) in [7, 11) is 0. The van der Waals surface area contributed by atoms with Crippen molar-refractivity contribution in [3.05, 3.63) is 54.1 Å². The third-order valence-electron chi connectivity index (χ3n) is 3.77. The van der Waals surface area contributed by atoms with Crippen LogP contribution < -0.4 is 15.0 Å². The second kappa shape index (κ2) is 6.64. The molecule has 1 N–H and O–H groups in total. The monoisotopic (exact) mass is 282 g/mol. The first-order valence-corrected chi connectivity index (χ1v) is 7.67. The summed E-state index contributed by atoms with van der Waals surface area (Å²) in [6, 6.07) is 17.1. The summed E-state index contributed by atoms with van der Waals surface area (Å²) >= 11 is 0. The number of hydrogen-bond donors (Lipinski definition) is 1. The van der Waals surface area contributed by atoms with Crippen LogP contribution in [-0.2, 0) is 6.54 Å². The van der Waals surface area contributed by atoms with E-state index in [2.05, 4.69) is 53.5 Å². The van der Waals surface area contributed by atoms with Crippen molar-refractivity contribution in [3.8, 4) is 5.75 Å². The van der Waals surface area contributed by atoms with Gasteiger partial charge in [0.05, 0.1) is 12.3 Å². The minimum absolute atomic E-state index is 0.784. The highest BCUT2D eigenvalue weighted by atomic mass is 16.5. The second-order valence-corrected chi connectivity index (χ2v) is 5.27. The van der Waals surface area contributed by atoms with E-state index in [0.29, 0.717) is 0 Å². The maximum Gasteiger partial charge on any atom is 0.142 e. The van der Waals surface area contributed by atoms with Crippen LogP contribution in [0.2, 0.25) is 0 Å². The maximum atomic E-state index is 5.83. The van der Waals surface area contributed by atoms with Crippen LogP contribution in [0, 0.1) is 0 Å². The van der Waals surface area contributed by atoms with Gasteiger partial charge in [0.1, 0.15) is 5.75 Å². The van der Waals surface area contributed by atoms with Gasteiger partial charge in [-0.1, -0.05) is 31.2 Å². The van der Waals surface area contributed by atoms with Crippen LogP contribution >= 0.6 is 0 Å². The third kappa shape index (κ3) is 3.19. The summed E-state index contributed by atoms with van der Waals surface area (Å²) in [5, 5.41) is 3.36. The molecule has 0 saturated heterocycles. The standard InChI is InChI=1S/C18H22N2O/c1-2-19-14-15-8-10-16(11-9-15)20-12-5-13-21-18-7-4-3-6-17(18)20/h3-4,6-11,19H,2,5,12-14H2,1H3. The van der Waals surface area contributed by atoms with Gasteiger partial charge in [-0.25, -0.2) is 0 Å². The smallest absolute Gasteiger partial charge is 0.142 e. The fraction of sp³-hybridized carbons (Fsp3) is 0.333. The van der Waals surface area contributed by atoms with Gasteiger partial charge in [-0.3, -0.25) is 0 Å². The Bertz CT molecular complexity index is 580. The third-order valence-corrected chi connectivity index (χ3v) is 3.77. The lowest BCUT2D eigenvalue weighted by molar-refractivity contribution is 0.322. The number of para-hydroxylation sites is 2. The molecule has 0 radical (unpaired) electrons. The van der Waals surface area contributed by atoms with Crippen molar-refractivity contribution in [3.63, 3.8) is 0 Å². The molecule has 1 heterocycles. The lowest BCUT2D eigenvalue weighted by atomic mass is 10.1. The quantitative estimate of drug-likeness (QED) is 0.925. The molecule has 1 aliphatic rings. The molecule has 0 aliphatic carbocycles. The maximum absolute atomic E-state index is 5.83. The molecule has 0 aromatic heterocycles.